The molecule has 0 saturated carbocycles. The molecule has 0 atom stereocenters. The van der Waals surface area contributed by atoms with E-state index in [2.05, 4.69) is 41.7 Å². The van der Waals surface area contributed by atoms with E-state index in [1.807, 2.05) is 123 Å². The fourth-order valence-electron chi connectivity index (χ4n) is 5.11. The van der Waals surface area contributed by atoms with Crippen LogP contribution in [0.2, 0.25) is 0 Å². The Morgan fingerprint density at radius 3 is 1.45 bits per heavy atom. The Bertz CT molecular complexity index is 1570. The number of hydrogen-bond donors (Lipinski definition) is 1. The average Bonchev–Trinajstić information content (AvgIpc) is 3.05. The Kier molecular flexibility index (Phi) is 9.48. The van der Waals surface area contributed by atoms with E-state index in [1.165, 1.54) is 11.8 Å². The lowest BCUT2D eigenvalue weighted by atomic mass is 10.1. The highest BCUT2D eigenvalue weighted by molar-refractivity contribution is 8.05. The number of Topliss-reactive ketones (excluding diaryl/α,β-unsaturated/α-hetero) is 1. The number of thioether (sulfide) groups is 1. The third-order valence-corrected chi connectivity index (χ3v) is 12.4. The van der Waals surface area contributed by atoms with Crippen LogP contribution in [0.15, 0.2) is 156 Å². The molecule has 0 saturated heterocycles. The summed E-state index contributed by atoms with van der Waals surface area (Å²) in [7, 11) is -2.83. The van der Waals surface area contributed by atoms with Crippen molar-refractivity contribution in [2.75, 3.05) is 5.75 Å². The highest BCUT2D eigenvalue weighted by Crippen LogP contribution is 2.64. The molecule has 5 rings (SSSR count). The molecule has 1 N–H and O–H groups in total. The summed E-state index contributed by atoms with van der Waals surface area (Å²) in [4.78, 5) is 28.8. The number of benzene rings is 5. The van der Waals surface area contributed by atoms with Gasteiger partial charge in [-0.15, -0.1) is 11.8 Å². The van der Waals surface area contributed by atoms with Crippen molar-refractivity contribution in [1.29, 1.82) is 0 Å². The van der Waals surface area contributed by atoms with E-state index in [1.54, 1.807) is 0 Å². The molecule has 5 aromatic carbocycles. The predicted octanol–water partition coefficient (Wildman–Crippen LogP) is 7.52. The van der Waals surface area contributed by atoms with Gasteiger partial charge in [0.2, 0.25) is 5.78 Å². The third kappa shape index (κ3) is 6.01. The number of carbonyl (C=O) groups is 2. The van der Waals surface area contributed by atoms with Crippen molar-refractivity contribution < 1.29 is 9.59 Å². The molecule has 0 bridgehead atoms. The zero-order valence-electron chi connectivity index (χ0n) is 23.7. The fraction of sp³-hybridized carbons (Fsp3) is 0.0811. The van der Waals surface area contributed by atoms with Gasteiger partial charge in [0, 0.05) is 11.1 Å². The van der Waals surface area contributed by atoms with Gasteiger partial charge in [0.1, 0.15) is 20.9 Å². The average molecular weight is 587 g/mol. The number of nitrogens with one attached hydrogen (secondary N) is 1. The Morgan fingerprint density at radius 1 is 0.595 bits per heavy atom. The van der Waals surface area contributed by atoms with Gasteiger partial charge in [-0.3, -0.25) is 9.59 Å². The fourth-order valence-corrected chi connectivity index (χ4v) is 10.7. The second-order valence-electron chi connectivity index (χ2n) is 9.80. The topological polar surface area (TPSA) is 46.2 Å². The first-order valence-electron chi connectivity index (χ1n) is 14.0. The molecule has 0 aliphatic rings. The SMILES string of the molecule is CCSC(NC(=O)c1ccc(C)cc1)=C(C(=O)c1ccccc1)[P+](c1ccccc1)(c1ccccc1)c1ccccc1. The van der Waals surface area contributed by atoms with Gasteiger partial charge in [-0.2, -0.15) is 0 Å². The number of amides is 1. The van der Waals surface area contributed by atoms with E-state index in [9.17, 15) is 9.59 Å². The normalized spacial score (nSPS) is 11.9. The smallest absolute Gasteiger partial charge is 0.256 e. The molecule has 1 amide bonds. The highest BCUT2D eigenvalue weighted by Gasteiger charge is 2.54. The van der Waals surface area contributed by atoms with Crippen molar-refractivity contribution in [3.63, 3.8) is 0 Å². The van der Waals surface area contributed by atoms with Gasteiger partial charge in [-0.05, 0) is 61.2 Å². The summed E-state index contributed by atoms with van der Waals surface area (Å²) in [6.45, 7) is 4.04. The quantitative estimate of drug-likeness (QED) is 0.105. The van der Waals surface area contributed by atoms with E-state index in [4.69, 9.17) is 0 Å². The summed E-state index contributed by atoms with van der Waals surface area (Å²) in [6, 6.07) is 47.7. The van der Waals surface area contributed by atoms with Crippen molar-refractivity contribution >= 4 is 46.6 Å². The van der Waals surface area contributed by atoms with Crippen LogP contribution >= 0.6 is 19.0 Å². The molecule has 0 heterocycles. The first-order valence-corrected chi connectivity index (χ1v) is 16.7. The Morgan fingerprint density at radius 2 is 1.02 bits per heavy atom. The van der Waals surface area contributed by atoms with Crippen molar-refractivity contribution in [2.24, 2.45) is 0 Å². The molecule has 0 fully saturated rings. The van der Waals surface area contributed by atoms with E-state index < -0.39 is 7.26 Å². The van der Waals surface area contributed by atoms with Gasteiger partial charge in [0.25, 0.3) is 5.91 Å². The monoisotopic (exact) mass is 586 g/mol. The van der Waals surface area contributed by atoms with E-state index in [0.717, 1.165) is 21.5 Å². The van der Waals surface area contributed by atoms with Gasteiger partial charge in [0.15, 0.2) is 12.6 Å². The van der Waals surface area contributed by atoms with Crippen LogP contribution in [-0.2, 0) is 0 Å². The van der Waals surface area contributed by atoms with E-state index in [0.29, 0.717) is 27.2 Å². The van der Waals surface area contributed by atoms with Crippen LogP contribution in [0.4, 0.5) is 0 Å². The standard InChI is InChI=1S/C37H32NO2PS/c1-3-42-37(38-36(40)30-26-24-28(2)25-27-30)35(34(39)29-16-8-4-9-17-29)41(31-18-10-5-11-19-31,32-20-12-6-13-21-32)33-22-14-7-15-23-33/h4-27H,3H2,1-2H3/p+1. The number of hydrogen-bond acceptors (Lipinski definition) is 3. The Balaban J connectivity index is 1.90. The highest BCUT2D eigenvalue weighted by atomic mass is 32.2. The van der Waals surface area contributed by atoms with Gasteiger partial charge >= 0.3 is 0 Å². The Labute approximate surface area is 253 Å². The van der Waals surface area contributed by atoms with Crippen LogP contribution in [0.5, 0.6) is 0 Å². The minimum Gasteiger partial charge on any atom is -0.313 e. The molecule has 0 spiro atoms. The van der Waals surface area contributed by atoms with Gasteiger partial charge in [0.05, 0.1) is 0 Å². The van der Waals surface area contributed by atoms with Crippen LogP contribution in [0, 0.1) is 6.92 Å². The molecular formula is C37H33NO2PS+. The minimum atomic E-state index is -2.83. The molecule has 0 aliphatic heterocycles. The molecule has 5 heteroatoms. The number of ketones is 1. The second kappa shape index (κ2) is 13.6. The van der Waals surface area contributed by atoms with Crippen molar-refractivity contribution in [3.8, 4) is 0 Å². The zero-order valence-corrected chi connectivity index (χ0v) is 25.4. The van der Waals surface area contributed by atoms with Gasteiger partial charge in [-0.25, -0.2) is 0 Å². The minimum absolute atomic E-state index is 0.0966. The lowest BCUT2D eigenvalue weighted by molar-refractivity contribution is 0.0968. The van der Waals surface area contributed by atoms with Crippen molar-refractivity contribution in [2.45, 2.75) is 13.8 Å². The maximum Gasteiger partial charge on any atom is 0.256 e. The molecule has 0 aliphatic carbocycles. The summed E-state index contributed by atoms with van der Waals surface area (Å²) in [6.07, 6.45) is 0. The van der Waals surface area contributed by atoms with Crippen LogP contribution in [0.3, 0.4) is 0 Å². The van der Waals surface area contributed by atoms with E-state index in [-0.39, 0.29) is 11.7 Å². The van der Waals surface area contributed by atoms with Crippen LogP contribution < -0.4 is 21.2 Å². The first kappa shape index (κ1) is 29.3. The van der Waals surface area contributed by atoms with Gasteiger partial charge < -0.3 is 5.32 Å². The Hall–Kier alpha value is -4.24. The lowest BCUT2D eigenvalue weighted by Crippen LogP contribution is -2.37. The van der Waals surface area contributed by atoms with Gasteiger partial charge in [-0.1, -0.05) is 110 Å². The maximum absolute atomic E-state index is 15.0. The number of allylic oxidation sites excluding steroid dienone is 1. The van der Waals surface area contributed by atoms with Crippen molar-refractivity contribution in [3.05, 3.63) is 173 Å². The van der Waals surface area contributed by atoms with E-state index >= 15 is 0 Å². The largest absolute Gasteiger partial charge is 0.313 e. The van der Waals surface area contributed by atoms with Crippen LogP contribution in [-0.4, -0.2) is 17.4 Å². The molecule has 0 unspecified atom stereocenters. The third-order valence-electron chi connectivity index (χ3n) is 7.06. The van der Waals surface area contributed by atoms with Crippen LogP contribution in [0.1, 0.15) is 33.2 Å². The summed E-state index contributed by atoms with van der Waals surface area (Å²) >= 11 is 1.50. The summed E-state index contributed by atoms with van der Waals surface area (Å²) < 4.78 is 0. The molecule has 208 valence electrons. The summed E-state index contributed by atoms with van der Waals surface area (Å²) in [5.74, 6) is 0.338. The number of aryl methyl sites for hydroxylation is 1. The lowest BCUT2D eigenvalue weighted by Gasteiger charge is -2.30. The predicted molar refractivity (Wildman–Crippen MR) is 180 cm³/mol. The van der Waals surface area contributed by atoms with Crippen LogP contribution in [0.25, 0.3) is 0 Å². The summed E-state index contributed by atoms with van der Waals surface area (Å²) in [5.41, 5.74) is 2.20. The molecule has 42 heavy (non-hydrogen) atoms. The number of carbonyl (C=O) groups excluding carboxylic acids is 2. The second-order valence-corrected chi connectivity index (χ2v) is 14.4. The first-order chi connectivity index (χ1) is 20.6. The van der Waals surface area contributed by atoms with Crippen molar-refractivity contribution in [1.82, 2.24) is 5.32 Å². The molecule has 0 aromatic heterocycles. The molecule has 3 nitrogen and oxygen atoms in total. The zero-order chi connectivity index (χ0) is 29.4. The molecule has 0 radical (unpaired) electrons. The summed E-state index contributed by atoms with van der Waals surface area (Å²) in [5, 5.41) is 7.56. The number of rotatable bonds is 10. The molecule has 5 aromatic rings. The molecular weight excluding hydrogens is 553 g/mol. The maximum atomic E-state index is 15.0.